The first-order valence-electron chi connectivity index (χ1n) is 6.73. The molecule has 5 heteroatoms. The molecule has 0 spiro atoms. The Hall–Kier alpha value is -2.32. The lowest BCUT2D eigenvalue weighted by atomic mass is 10.0. The van der Waals surface area contributed by atoms with Gasteiger partial charge >= 0.3 is 0 Å². The van der Waals surface area contributed by atoms with Gasteiger partial charge in [-0.2, -0.15) is 5.26 Å². The van der Waals surface area contributed by atoms with Gasteiger partial charge in [-0.25, -0.2) is 0 Å². The van der Waals surface area contributed by atoms with Gasteiger partial charge in [-0.3, -0.25) is 0 Å². The van der Waals surface area contributed by atoms with E-state index in [1.165, 1.54) is 11.1 Å². The summed E-state index contributed by atoms with van der Waals surface area (Å²) in [6, 6.07) is 10.6. The molecular weight excluding hydrogens is 280 g/mol. The number of aryl methyl sites for hydroxylation is 1. The summed E-state index contributed by atoms with van der Waals surface area (Å²) >= 11 is 4.89. The number of rotatable bonds is 4. The summed E-state index contributed by atoms with van der Waals surface area (Å²) in [7, 11) is 0. The van der Waals surface area contributed by atoms with Gasteiger partial charge in [0.25, 0.3) is 0 Å². The van der Waals surface area contributed by atoms with Crippen LogP contribution in [0.3, 0.4) is 0 Å². The van der Waals surface area contributed by atoms with E-state index in [-0.39, 0.29) is 5.11 Å². The maximum atomic E-state index is 9.55. The van der Waals surface area contributed by atoms with Crippen molar-refractivity contribution in [1.82, 2.24) is 10.2 Å². The second-order valence-electron chi connectivity index (χ2n) is 5.00. The average molecular weight is 298 g/mol. The van der Waals surface area contributed by atoms with E-state index in [0.717, 1.165) is 6.42 Å². The Kier molecular flexibility index (Phi) is 4.61. The third kappa shape index (κ3) is 3.61. The van der Waals surface area contributed by atoms with E-state index in [2.05, 4.69) is 36.5 Å². The number of nitrogens with two attached hydrogens (primary N) is 1. The molecule has 0 aliphatic carbocycles. The zero-order valence-electron chi connectivity index (χ0n) is 11.9. The van der Waals surface area contributed by atoms with E-state index in [1.807, 2.05) is 29.3 Å². The first-order valence-corrected chi connectivity index (χ1v) is 7.14. The van der Waals surface area contributed by atoms with E-state index >= 15 is 0 Å². The van der Waals surface area contributed by atoms with Crippen LogP contribution in [0.25, 0.3) is 0 Å². The fourth-order valence-electron chi connectivity index (χ4n) is 2.36. The third-order valence-electron chi connectivity index (χ3n) is 3.38. The first-order chi connectivity index (χ1) is 10.1. The Morgan fingerprint density at radius 2 is 2.29 bits per heavy atom. The van der Waals surface area contributed by atoms with Gasteiger partial charge in [-0.1, -0.05) is 35.9 Å². The molecule has 2 rings (SSSR count). The number of nitrogens with zero attached hydrogens (tertiary/aromatic N) is 2. The molecule has 0 amide bonds. The summed E-state index contributed by atoms with van der Waals surface area (Å²) < 4.78 is 0. The summed E-state index contributed by atoms with van der Waals surface area (Å²) in [5, 5.41) is 12.5. The number of nitriles is 1. The number of hydrogen-bond donors (Lipinski definition) is 2. The van der Waals surface area contributed by atoms with Gasteiger partial charge in [0.2, 0.25) is 5.66 Å². The second kappa shape index (κ2) is 6.42. The quantitative estimate of drug-likeness (QED) is 0.832. The Balaban J connectivity index is 2.13. The van der Waals surface area contributed by atoms with Crippen LogP contribution in [-0.2, 0) is 6.42 Å². The predicted molar refractivity (Wildman–Crippen MR) is 88.1 cm³/mol. The molecule has 0 bridgehead atoms. The van der Waals surface area contributed by atoms with Crippen molar-refractivity contribution in [3.8, 4) is 6.07 Å². The van der Waals surface area contributed by atoms with Crippen molar-refractivity contribution < 1.29 is 0 Å². The van der Waals surface area contributed by atoms with Crippen LogP contribution in [0, 0.1) is 18.3 Å². The highest BCUT2D eigenvalue weighted by Gasteiger charge is 2.34. The lowest BCUT2D eigenvalue weighted by Crippen LogP contribution is -2.59. The number of allylic oxidation sites excluding steroid dienone is 2. The molecule has 1 aliphatic rings. The molecule has 0 aromatic heterocycles. The van der Waals surface area contributed by atoms with Crippen molar-refractivity contribution in [2.45, 2.75) is 19.0 Å². The Labute approximate surface area is 130 Å². The molecule has 0 saturated carbocycles. The van der Waals surface area contributed by atoms with Crippen LogP contribution < -0.4 is 11.1 Å². The van der Waals surface area contributed by atoms with Crippen LogP contribution in [-0.4, -0.2) is 22.2 Å². The Morgan fingerprint density at radius 1 is 1.48 bits per heavy atom. The SMILES string of the molecule is Cc1cccc(CCN2C=CC=CC2(C#N)NC(N)=S)c1. The molecule has 1 aromatic rings. The Morgan fingerprint density at radius 3 is 2.95 bits per heavy atom. The third-order valence-corrected chi connectivity index (χ3v) is 3.48. The van der Waals surface area contributed by atoms with Crippen molar-refractivity contribution >= 4 is 17.3 Å². The van der Waals surface area contributed by atoms with Gasteiger partial charge in [0, 0.05) is 12.7 Å². The fourth-order valence-corrected chi connectivity index (χ4v) is 2.52. The maximum absolute atomic E-state index is 9.55. The highest BCUT2D eigenvalue weighted by Crippen LogP contribution is 2.19. The summed E-state index contributed by atoms with van der Waals surface area (Å²) in [6.45, 7) is 2.76. The van der Waals surface area contributed by atoms with Crippen molar-refractivity contribution in [2.75, 3.05) is 6.54 Å². The van der Waals surface area contributed by atoms with E-state index in [9.17, 15) is 5.26 Å². The van der Waals surface area contributed by atoms with E-state index in [4.69, 9.17) is 18.0 Å². The summed E-state index contributed by atoms with van der Waals surface area (Å²) in [4.78, 5) is 1.91. The molecule has 21 heavy (non-hydrogen) atoms. The van der Waals surface area contributed by atoms with Crippen LogP contribution in [0.1, 0.15) is 11.1 Å². The minimum Gasteiger partial charge on any atom is -0.376 e. The molecule has 1 aromatic carbocycles. The smallest absolute Gasteiger partial charge is 0.221 e. The van der Waals surface area contributed by atoms with Crippen molar-refractivity contribution in [3.63, 3.8) is 0 Å². The normalized spacial score (nSPS) is 20.1. The monoisotopic (exact) mass is 298 g/mol. The topological polar surface area (TPSA) is 65.1 Å². The van der Waals surface area contributed by atoms with Crippen LogP contribution >= 0.6 is 12.2 Å². The highest BCUT2D eigenvalue weighted by atomic mass is 32.1. The van der Waals surface area contributed by atoms with Gasteiger partial charge < -0.3 is 16.0 Å². The molecule has 3 N–H and O–H groups in total. The van der Waals surface area contributed by atoms with Crippen LogP contribution in [0.15, 0.2) is 48.7 Å². The van der Waals surface area contributed by atoms with E-state index in [1.54, 1.807) is 6.08 Å². The van der Waals surface area contributed by atoms with Gasteiger partial charge in [-0.05, 0) is 43.3 Å². The standard InChI is InChI=1S/C16H18N4S/c1-13-5-4-6-14(11-13)7-10-20-9-3-2-8-16(20,12-17)19-15(18)21/h2-6,8-9,11H,7,10H2,1H3,(H3,18,19,21). The van der Waals surface area contributed by atoms with Gasteiger partial charge in [-0.15, -0.1) is 0 Å². The predicted octanol–water partition coefficient (Wildman–Crippen LogP) is 1.98. The number of hydrogen-bond acceptors (Lipinski definition) is 3. The molecule has 1 heterocycles. The number of nitrogens with one attached hydrogen (secondary N) is 1. The largest absolute Gasteiger partial charge is 0.376 e. The highest BCUT2D eigenvalue weighted by molar-refractivity contribution is 7.80. The zero-order valence-corrected chi connectivity index (χ0v) is 12.7. The molecule has 1 aliphatic heterocycles. The summed E-state index contributed by atoms with van der Waals surface area (Å²) in [5.41, 5.74) is 7.02. The molecule has 108 valence electrons. The number of thiocarbonyl (C=S) groups is 1. The molecule has 1 unspecified atom stereocenters. The van der Waals surface area contributed by atoms with E-state index in [0.29, 0.717) is 6.54 Å². The molecule has 1 atom stereocenters. The van der Waals surface area contributed by atoms with Crippen LogP contribution in [0.2, 0.25) is 0 Å². The molecule has 0 saturated heterocycles. The lowest BCUT2D eigenvalue weighted by molar-refractivity contribution is 0.236. The minimum absolute atomic E-state index is 0.108. The summed E-state index contributed by atoms with van der Waals surface area (Å²) in [5.74, 6) is 0. The number of benzene rings is 1. The van der Waals surface area contributed by atoms with Crippen molar-refractivity contribution in [1.29, 1.82) is 5.26 Å². The lowest BCUT2D eigenvalue weighted by Gasteiger charge is -2.38. The molecular formula is C16H18N4S. The molecule has 4 nitrogen and oxygen atoms in total. The zero-order chi connectivity index (χ0) is 15.3. The fraction of sp³-hybridized carbons (Fsp3) is 0.250. The van der Waals surface area contributed by atoms with Gasteiger partial charge in [0.15, 0.2) is 5.11 Å². The second-order valence-corrected chi connectivity index (χ2v) is 5.44. The van der Waals surface area contributed by atoms with Crippen LogP contribution in [0.4, 0.5) is 0 Å². The average Bonchev–Trinajstić information content (AvgIpc) is 2.46. The van der Waals surface area contributed by atoms with Crippen molar-refractivity contribution in [3.05, 3.63) is 59.8 Å². The van der Waals surface area contributed by atoms with Gasteiger partial charge in [0.1, 0.15) is 6.07 Å². The Bertz CT molecular complexity index is 629. The van der Waals surface area contributed by atoms with E-state index < -0.39 is 5.66 Å². The maximum Gasteiger partial charge on any atom is 0.221 e. The van der Waals surface area contributed by atoms with Crippen molar-refractivity contribution in [2.24, 2.45) is 5.73 Å². The minimum atomic E-state index is -1.01. The van der Waals surface area contributed by atoms with Gasteiger partial charge in [0.05, 0.1) is 0 Å². The van der Waals surface area contributed by atoms with Crippen LogP contribution in [0.5, 0.6) is 0 Å². The first kappa shape index (κ1) is 15.1. The molecule has 0 fully saturated rings. The molecule has 0 radical (unpaired) electrons. The summed E-state index contributed by atoms with van der Waals surface area (Å²) in [6.07, 6.45) is 8.19.